The summed E-state index contributed by atoms with van der Waals surface area (Å²) in [5, 5.41) is 2.94. The number of hydrogen-bond acceptors (Lipinski definition) is 3. The Morgan fingerprint density at radius 2 is 2.00 bits per heavy atom. The molecule has 0 aromatic carbocycles. The third kappa shape index (κ3) is 4.18. The smallest absolute Gasteiger partial charge is 0.237 e. The van der Waals surface area contributed by atoms with E-state index in [1.807, 2.05) is 27.7 Å². The molecule has 0 radical (unpaired) electrons. The molecule has 4 heteroatoms. The van der Waals surface area contributed by atoms with Crippen LogP contribution in [-0.2, 0) is 4.79 Å². The highest BCUT2D eigenvalue weighted by Crippen LogP contribution is 2.14. The van der Waals surface area contributed by atoms with Crippen LogP contribution < -0.4 is 16.8 Å². The quantitative estimate of drug-likeness (QED) is 0.607. The minimum absolute atomic E-state index is 0.0986. The van der Waals surface area contributed by atoms with Gasteiger partial charge in [0.05, 0.1) is 11.6 Å². The molecule has 0 aliphatic rings. The average molecular weight is 215 g/mol. The first-order valence-corrected chi connectivity index (χ1v) is 5.65. The van der Waals surface area contributed by atoms with Crippen LogP contribution in [0.15, 0.2) is 0 Å². The Kier molecular flexibility index (Phi) is 5.83. The van der Waals surface area contributed by atoms with Gasteiger partial charge in [-0.2, -0.15) is 0 Å². The van der Waals surface area contributed by atoms with E-state index in [2.05, 4.69) is 5.32 Å². The lowest BCUT2D eigenvalue weighted by Gasteiger charge is -2.34. The van der Waals surface area contributed by atoms with Crippen molar-refractivity contribution < 1.29 is 4.79 Å². The second-order valence-electron chi connectivity index (χ2n) is 4.66. The summed E-state index contributed by atoms with van der Waals surface area (Å²) in [5.74, 6) is 0.193. The molecule has 0 spiro atoms. The lowest BCUT2D eigenvalue weighted by atomic mass is 9.88. The van der Waals surface area contributed by atoms with Crippen molar-refractivity contribution in [3.63, 3.8) is 0 Å². The van der Waals surface area contributed by atoms with Crippen molar-refractivity contribution in [1.82, 2.24) is 5.32 Å². The molecule has 0 aliphatic heterocycles. The maximum atomic E-state index is 11.7. The first kappa shape index (κ1) is 14.4. The van der Waals surface area contributed by atoms with Crippen molar-refractivity contribution in [3.8, 4) is 0 Å². The molecule has 0 aromatic heterocycles. The SMILES string of the molecule is CCCC(N)C(=O)NC(C)(CN)C(C)C. The molecule has 90 valence electrons. The van der Waals surface area contributed by atoms with Crippen LogP contribution in [0.5, 0.6) is 0 Å². The fourth-order valence-corrected chi connectivity index (χ4v) is 1.25. The third-order valence-electron chi connectivity index (χ3n) is 3.04. The van der Waals surface area contributed by atoms with E-state index in [1.165, 1.54) is 0 Å². The predicted molar refractivity (Wildman–Crippen MR) is 63.3 cm³/mol. The van der Waals surface area contributed by atoms with Gasteiger partial charge in [0.2, 0.25) is 5.91 Å². The van der Waals surface area contributed by atoms with Gasteiger partial charge in [0.15, 0.2) is 0 Å². The van der Waals surface area contributed by atoms with E-state index < -0.39 is 6.04 Å². The summed E-state index contributed by atoms with van der Waals surface area (Å²) in [6, 6.07) is -0.417. The Morgan fingerprint density at radius 3 is 2.33 bits per heavy atom. The minimum atomic E-state index is -0.417. The predicted octanol–water partition coefficient (Wildman–Crippen LogP) is 0.603. The Bertz CT molecular complexity index is 206. The molecule has 0 aliphatic carbocycles. The van der Waals surface area contributed by atoms with Gasteiger partial charge in [-0.05, 0) is 19.3 Å². The molecule has 2 atom stereocenters. The van der Waals surface area contributed by atoms with Gasteiger partial charge >= 0.3 is 0 Å². The lowest BCUT2D eigenvalue weighted by Crippen LogP contribution is -2.58. The van der Waals surface area contributed by atoms with Gasteiger partial charge in [-0.25, -0.2) is 0 Å². The summed E-state index contributed by atoms with van der Waals surface area (Å²) in [7, 11) is 0. The molecular formula is C11H25N3O. The summed E-state index contributed by atoms with van der Waals surface area (Å²) >= 11 is 0. The van der Waals surface area contributed by atoms with Crippen molar-refractivity contribution in [2.45, 2.75) is 52.1 Å². The van der Waals surface area contributed by atoms with E-state index in [-0.39, 0.29) is 11.4 Å². The summed E-state index contributed by atoms with van der Waals surface area (Å²) in [6.07, 6.45) is 1.63. The second kappa shape index (κ2) is 6.08. The maximum absolute atomic E-state index is 11.7. The van der Waals surface area contributed by atoms with Gasteiger partial charge in [-0.1, -0.05) is 27.2 Å². The molecule has 0 aromatic rings. The van der Waals surface area contributed by atoms with E-state index in [1.54, 1.807) is 0 Å². The van der Waals surface area contributed by atoms with Crippen molar-refractivity contribution in [1.29, 1.82) is 0 Å². The van der Waals surface area contributed by atoms with Crippen LogP contribution in [0.2, 0.25) is 0 Å². The summed E-state index contributed by atoms with van der Waals surface area (Å²) in [4.78, 5) is 11.7. The number of carbonyl (C=O) groups is 1. The molecule has 0 saturated heterocycles. The standard InChI is InChI=1S/C11H25N3O/c1-5-6-9(13)10(15)14-11(4,7-12)8(2)3/h8-9H,5-7,12-13H2,1-4H3,(H,14,15). The molecule has 0 bridgehead atoms. The van der Waals surface area contributed by atoms with Crippen LogP contribution >= 0.6 is 0 Å². The van der Waals surface area contributed by atoms with Crippen LogP contribution in [0.3, 0.4) is 0 Å². The van der Waals surface area contributed by atoms with Crippen molar-refractivity contribution in [2.75, 3.05) is 6.54 Å². The number of hydrogen-bond donors (Lipinski definition) is 3. The monoisotopic (exact) mass is 215 g/mol. The highest BCUT2D eigenvalue weighted by Gasteiger charge is 2.29. The van der Waals surface area contributed by atoms with Crippen LogP contribution in [0.25, 0.3) is 0 Å². The zero-order valence-electron chi connectivity index (χ0n) is 10.3. The van der Waals surface area contributed by atoms with Crippen molar-refractivity contribution in [3.05, 3.63) is 0 Å². The topological polar surface area (TPSA) is 81.1 Å². The van der Waals surface area contributed by atoms with Crippen LogP contribution in [-0.4, -0.2) is 24.0 Å². The van der Waals surface area contributed by atoms with Gasteiger partial charge in [0.1, 0.15) is 0 Å². The number of carbonyl (C=O) groups excluding carboxylic acids is 1. The lowest BCUT2D eigenvalue weighted by molar-refractivity contribution is -0.124. The van der Waals surface area contributed by atoms with Crippen LogP contribution in [0.4, 0.5) is 0 Å². The van der Waals surface area contributed by atoms with Gasteiger partial charge in [-0.15, -0.1) is 0 Å². The highest BCUT2D eigenvalue weighted by atomic mass is 16.2. The fraction of sp³-hybridized carbons (Fsp3) is 0.909. The van der Waals surface area contributed by atoms with E-state index in [0.29, 0.717) is 18.9 Å². The summed E-state index contributed by atoms with van der Waals surface area (Å²) < 4.78 is 0. The molecule has 0 saturated carbocycles. The van der Waals surface area contributed by atoms with Gasteiger partial charge < -0.3 is 16.8 Å². The maximum Gasteiger partial charge on any atom is 0.237 e. The van der Waals surface area contributed by atoms with E-state index in [0.717, 1.165) is 6.42 Å². The van der Waals surface area contributed by atoms with E-state index >= 15 is 0 Å². The Hall–Kier alpha value is -0.610. The number of rotatable bonds is 6. The molecule has 2 unspecified atom stereocenters. The molecule has 1 amide bonds. The zero-order valence-corrected chi connectivity index (χ0v) is 10.3. The molecule has 0 rings (SSSR count). The van der Waals surface area contributed by atoms with E-state index in [9.17, 15) is 4.79 Å². The Morgan fingerprint density at radius 1 is 1.47 bits per heavy atom. The summed E-state index contributed by atoms with van der Waals surface area (Å²) in [6.45, 7) is 8.47. The van der Waals surface area contributed by atoms with Crippen molar-refractivity contribution >= 4 is 5.91 Å². The number of nitrogens with one attached hydrogen (secondary N) is 1. The first-order valence-electron chi connectivity index (χ1n) is 5.65. The largest absolute Gasteiger partial charge is 0.348 e. The average Bonchev–Trinajstić information content (AvgIpc) is 2.17. The summed E-state index contributed by atoms with van der Waals surface area (Å²) in [5.41, 5.74) is 11.1. The van der Waals surface area contributed by atoms with Gasteiger partial charge in [0.25, 0.3) is 0 Å². The molecule has 5 N–H and O–H groups in total. The number of amides is 1. The zero-order chi connectivity index (χ0) is 12.1. The molecule has 0 fully saturated rings. The Balaban J connectivity index is 4.36. The minimum Gasteiger partial charge on any atom is -0.348 e. The molecule has 4 nitrogen and oxygen atoms in total. The molecule has 15 heavy (non-hydrogen) atoms. The van der Waals surface area contributed by atoms with Crippen molar-refractivity contribution in [2.24, 2.45) is 17.4 Å². The van der Waals surface area contributed by atoms with Gasteiger partial charge in [0, 0.05) is 6.54 Å². The number of nitrogens with two attached hydrogens (primary N) is 2. The fourth-order valence-electron chi connectivity index (χ4n) is 1.25. The van der Waals surface area contributed by atoms with Crippen LogP contribution in [0, 0.1) is 5.92 Å². The van der Waals surface area contributed by atoms with Gasteiger partial charge in [-0.3, -0.25) is 4.79 Å². The molecule has 0 heterocycles. The third-order valence-corrected chi connectivity index (χ3v) is 3.04. The molecular weight excluding hydrogens is 190 g/mol. The second-order valence-corrected chi connectivity index (χ2v) is 4.66. The normalized spacial score (nSPS) is 17.3. The first-order chi connectivity index (χ1) is 6.87. The highest BCUT2D eigenvalue weighted by molar-refractivity contribution is 5.82. The van der Waals surface area contributed by atoms with E-state index in [4.69, 9.17) is 11.5 Å². The Labute approximate surface area is 92.8 Å². The van der Waals surface area contributed by atoms with Crippen LogP contribution in [0.1, 0.15) is 40.5 Å².